The fourth-order valence-electron chi connectivity index (χ4n) is 2.19. The van der Waals surface area contributed by atoms with E-state index >= 15 is 0 Å². The van der Waals surface area contributed by atoms with Crippen LogP contribution in [0, 0.1) is 5.41 Å². The van der Waals surface area contributed by atoms with Gasteiger partial charge in [-0.15, -0.1) is 11.3 Å². The van der Waals surface area contributed by atoms with Crippen molar-refractivity contribution in [2.75, 3.05) is 0 Å². The number of nitrogens with two attached hydrogens (primary N) is 1. The minimum Gasteiger partial charge on any atom is -0.327 e. The van der Waals surface area contributed by atoms with E-state index in [-0.39, 0.29) is 11.8 Å². The van der Waals surface area contributed by atoms with Gasteiger partial charge in [0.05, 0.1) is 9.90 Å². The molecule has 0 amide bonds. The predicted molar refractivity (Wildman–Crippen MR) is 63.6 cm³/mol. The molecule has 0 bridgehead atoms. The van der Waals surface area contributed by atoms with Crippen LogP contribution >= 0.6 is 22.9 Å². The van der Waals surface area contributed by atoms with E-state index in [4.69, 9.17) is 17.3 Å². The minimum absolute atomic E-state index is 0.0248. The van der Waals surface area contributed by atoms with Gasteiger partial charge < -0.3 is 5.73 Å². The van der Waals surface area contributed by atoms with E-state index in [1.54, 1.807) is 6.07 Å². The number of hydrogen-bond acceptors (Lipinski definition) is 3. The molecule has 2 N–H and O–H groups in total. The number of Topliss-reactive ketones (excluding diaryl/α,β-unsaturated/α-hetero) is 1. The average Bonchev–Trinajstić information content (AvgIpc) is 2.75. The van der Waals surface area contributed by atoms with Crippen LogP contribution in [0.25, 0.3) is 0 Å². The molecule has 1 aromatic heterocycles. The van der Waals surface area contributed by atoms with Crippen molar-refractivity contribution in [3.8, 4) is 0 Å². The average molecular weight is 244 g/mol. The molecule has 1 aliphatic carbocycles. The Morgan fingerprint density at radius 2 is 2.47 bits per heavy atom. The number of rotatable bonds is 2. The minimum atomic E-state index is -0.408. The Bertz CT molecular complexity index is 390. The van der Waals surface area contributed by atoms with Gasteiger partial charge in [0.2, 0.25) is 0 Å². The third-order valence-corrected chi connectivity index (χ3v) is 4.71. The highest BCUT2D eigenvalue weighted by Crippen LogP contribution is 2.41. The van der Waals surface area contributed by atoms with Crippen LogP contribution in [0.2, 0.25) is 5.02 Å². The van der Waals surface area contributed by atoms with E-state index in [9.17, 15) is 4.79 Å². The molecule has 1 fully saturated rings. The van der Waals surface area contributed by atoms with Crippen LogP contribution in [-0.4, -0.2) is 11.8 Å². The van der Waals surface area contributed by atoms with Crippen molar-refractivity contribution in [3.63, 3.8) is 0 Å². The van der Waals surface area contributed by atoms with Crippen LogP contribution in [0.15, 0.2) is 11.4 Å². The molecule has 4 heteroatoms. The number of carbonyl (C=O) groups is 1. The summed E-state index contributed by atoms with van der Waals surface area (Å²) < 4.78 is 0. The van der Waals surface area contributed by atoms with Crippen LogP contribution < -0.4 is 5.73 Å². The lowest BCUT2D eigenvalue weighted by molar-refractivity contribution is 0.0807. The van der Waals surface area contributed by atoms with Gasteiger partial charge in [0.25, 0.3) is 0 Å². The summed E-state index contributed by atoms with van der Waals surface area (Å²) in [6.45, 7) is 1.96. The first-order chi connectivity index (χ1) is 7.05. The summed E-state index contributed by atoms with van der Waals surface area (Å²) in [4.78, 5) is 13.0. The smallest absolute Gasteiger partial charge is 0.181 e. The van der Waals surface area contributed by atoms with Crippen molar-refractivity contribution < 1.29 is 4.79 Å². The molecule has 0 spiro atoms. The number of carbonyl (C=O) groups excluding carboxylic acids is 1. The van der Waals surface area contributed by atoms with Gasteiger partial charge in [-0.25, -0.2) is 0 Å². The first kappa shape index (κ1) is 11.1. The second kappa shape index (κ2) is 3.89. The Morgan fingerprint density at radius 3 is 2.93 bits per heavy atom. The first-order valence-corrected chi connectivity index (χ1v) is 6.35. The molecule has 1 heterocycles. The lowest BCUT2D eigenvalue weighted by atomic mass is 9.80. The second-order valence-corrected chi connectivity index (χ2v) is 5.67. The van der Waals surface area contributed by atoms with Gasteiger partial charge in [0.15, 0.2) is 5.78 Å². The Balaban J connectivity index is 2.32. The van der Waals surface area contributed by atoms with E-state index < -0.39 is 5.41 Å². The molecule has 0 saturated heterocycles. The summed E-state index contributed by atoms with van der Waals surface area (Å²) in [5.41, 5.74) is 5.60. The maximum atomic E-state index is 12.3. The Morgan fingerprint density at radius 1 is 1.73 bits per heavy atom. The lowest BCUT2D eigenvalue weighted by Crippen LogP contribution is -2.40. The maximum absolute atomic E-state index is 12.3. The fourth-order valence-corrected chi connectivity index (χ4v) is 3.41. The molecule has 2 atom stereocenters. The summed E-state index contributed by atoms with van der Waals surface area (Å²) in [7, 11) is 0. The molecular formula is C11H14ClNOS. The molecule has 0 aliphatic heterocycles. The Labute approximate surface area is 98.4 Å². The van der Waals surface area contributed by atoms with Crippen molar-refractivity contribution in [1.29, 1.82) is 0 Å². The van der Waals surface area contributed by atoms with E-state index in [0.29, 0.717) is 9.90 Å². The largest absolute Gasteiger partial charge is 0.327 e. The molecule has 2 nitrogen and oxygen atoms in total. The van der Waals surface area contributed by atoms with E-state index in [2.05, 4.69) is 0 Å². The molecule has 2 unspecified atom stereocenters. The molecule has 2 rings (SSSR count). The van der Waals surface area contributed by atoms with Gasteiger partial charge >= 0.3 is 0 Å². The zero-order valence-corrected chi connectivity index (χ0v) is 10.2. The van der Waals surface area contributed by atoms with Gasteiger partial charge in [0, 0.05) is 11.5 Å². The first-order valence-electron chi connectivity index (χ1n) is 5.09. The van der Waals surface area contributed by atoms with Crippen LogP contribution in [0.1, 0.15) is 35.9 Å². The van der Waals surface area contributed by atoms with Gasteiger partial charge in [-0.05, 0) is 24.3 Å². The highest BCUT2D eigenvalue weighted by Gasteiger charge is 2.44. The summed E-state index contributed by atoms with van der Waals surface area (Å²) in [6.07, 6.45) is 2.85. The quantitative estimate of drug-likeness (QED) is 0.812. The molecule has 0 aromatic carbocycles. The number of hydrogen-bond donors (Lipinski definition) is 1. The Hall–Kier alpha value is -0.380. The zero-order chi connectivity index (χ0) is 11.1. The summed E-state index contributed by atoms with van der Waals surface area (Å²) in [6, 6.07) is 1.74. The SMILES string of the molecule is CC1(C(=O)c2sccc2Cl)CCCC1N. The van der Waals surface area contributed by atoms with Crippen molar-refractivity contribution >= 4 is 28.7 Å². The molecule has 15 heavy (non-hydrogen) atoms. The highest BCUT2D eigenvalue weighted by atomic mass is 35.5. The molecule has 1 saturated carbocycles. The third kappa shape index (κ3) is 1.73. The van der Waals surface area contributed by atoms with Crippen molar-refractivity contribution in [2.24, 2.45) is 11.1 Å². The van der Waals surface area contributed by atoms with Crippen molar-refractivity contribution in [2.45, 2.75) is 32.2 Å². The molecule has 0 radical (unpaired) electrons. The number of halogens is 1. The second-order valence-electron chi connectivity index (χ2n) is 4.34. The van der Waals surface area contributed by atoms with Crippen molar-refractivity contribution in [3.05, 3.63) is 21.3 Å². The topological polar surface area (TPSA) is 43.1 Å². The van der Waals surface area contributed by atoms with Gasteiger partial charge in [-0.2, -0.15) is 0 Å². The van der Waals surface area contributed by atoms with E-state index in [0.717, 1.165) is 19.3 Å². The fraction of sp³-hybridized carbons (Fsp3) is 0.545. The van der Waals surface area contributed by atoms with Crippen LogP contribution in [-0.2, 0) is 0 Å². The zero-order valence-electron chi connectivity index (χ0n) is 8.63. The van der Waals surface area contributed by atoms with Crippen LogP contribution in [0.5, 0.6) is 0 Å². The monoisotopic (exact) mass is 243 g/mol. The molecular weight excluding hydrogens is 230 g/mol. The van der Waals surface area contributed by atoms with E-state index in [1.807, 2.05) is 12.3 Å². The van der Waals surface area contributed by atoms with Gasteiger partial charge in [-0.3, -0.25) is 4.79 Å². The Kier molecular flexibility index (Phi) is 2.88. The lowest BCUT2D eigenvalue weighted by Gasteiger charge is -2.26. The van der Waals surface area contributed by atoms with Crippen LogP contribution in [0.4, 0.5) is 0 Å². The predicted octanol–water partition coefficient (Wildman–Crippen LogP) is 3.10. The highest BCUT2D eigenvalue weighted by molar-refractivity contribution is 7.12. The van der Waals surface area contributed by atoms with E-state index in [1.165, 1.54) is 11.3 Å². The standard InChI is InChI=1S/C11H14ClNOS/c1-11(5-2-3-8(11)13)10(14)9-7(12)4-6-15-9/h4,6,8H,2-3,5,13H2,1H3. The van der Waals surface area contributed by atoms with Gasteiger partial charge in [-0.1, -0.05) is 24.9 Å². The maximum Gasteiger partial charge on any atom is 0.181 e. The molecule has 1 aliphatic rings. The van der Waals surface area contributed by atoms with Crippen LogP contribution in [0.3, 0.4) is 0 Å². The molecule has 82 valence electrons. The number of ketones is 1. The summed E-state index contributed by atoms with van der Waals surface area (Å²) in [5.74, 6) is 0.118. The van der Waals surface area contributed by atoms with Crippen molar-refractivity contribution in [1.82, 2.24) is 0 Å². The third-order valence-electron chi connectivity index (χ3n) is 3.37. The summed E-state index contributed by atoms with van der Waals surface area (Å²) >= 11 is 7.38. The normalized spacial score (nSPS) is 30.7. The summed E-state index contributed by atoms with van der Waals surface area (Å²) in [5, 5.41) is 2.41. The van der Waals surface area contributed by atoms with Gasteiger partial charge in [0.1, 0.15) is 0 Å². The molecule has 1 aromatic rings. The number of thiophene rings is 1.